The van der Waals surface area contributed by atoms with E-state index in [0.29, 0.717) is 11.4 Å². The van der Waals surface area contributed by atoms with E-state index in [9.17, 15) is 4.79 Å². The Morgan fingerprint density at radius 2 is 2.00 bits per heavy atom. The van der Waals surface area contributed by atoms with Gasteiger partial charge in [0.25, 0.3) is 5.91 Å². The first kappa shape index (κ1) is 18.5. The molecular formula is C16H21ClN2O2S. The highest BCUT2D eigenvalue weighted by molar-refractivity contribution is 7.14. The monoisotopic (exact) mass is 340 g/mol. The Bertz CT molecular complexity index is 626. The van der Waals surface area contributed by atoms with Gasteiger partial charge in [-0.1, -0.05) is 12.1 Å². The van der Waals surface area contributed by atoms with Gasteiger partial charge in [0.2, 0.25) is 0 Å². The van der Waals surface area contributed by atoms with Gasteiger partial charge in [-0.05, 0) is 43.2 Å². The zero-order valence-electron chi connectivity index (χ0n) is 12.9. The first-order chi connectivity index (χ1) is 10.0. The maximum Gasteiger partial charge on any atom is 0.261 e. The summed E-state index contributed by atoms with van der Waals surface area (Å²) in [4.78, 5) is 14.0. The van der Waals surface area contributed by atoms with Crippen molar-refractivity contribution in [2.75, 3.05) is 13.7 Å². The van der Waals surface area contributed by atoms with E-state index in [-0.39, 0.29) is 24.4 Å². The molecule has 2 rings (SSSR count). The quantitative estimate of drug-likeness (QED) is 0.878. The van der Waals surface area contributed by atoms with Crippen molar-refractivity contribution in [1.82, 2.24) is 5.32 Å². The number of ether oxygens (including phenoxy) is 1. The normalized spacial score (nSPS) is 11.5. The van der Waals surface area contributed by atoms with E-state index in [1.165, 1.54) is 11.3 Å². The van der Waals surface area contributed by atoms with Crippen LogP contribution in [0.25, 0.3) is 11.1 Å². The Labute approximate surface area is 141 Å². The van der Waals surface area contributed by atoms with E-state index in [1.807, 2.05) is 44.2 Å². The fraction of sp³-hybridized carbons (Fsp3) is 0.312. The number of nitrogens with one attached hydrogen (secondary N) is 1. The summed E-state index contributed by atoms with van der Waals surface area (Å²) in [5.41, 5.74) is 7.68. The van der Waals surface area contributed by atoms with Gasteiger partial charge >= 0.3 is 0 Å². The average Bonchev–Trinajstić information content (AvgIpc) is 2.89. The van der Waals surface area contributed by atoms with Crippen molar-refractivity contribution in [3.63, 3.8) is 0 Å². The zero-order valence-corrected chi connectivity index (χ0v) is 14.5. The summed E-state index contributed by atoms with van der Waals surface area (Å²) in [6, 6.07) is 9.74. The number of benzene rings is 1. The minimum Gasteiger partial charge on any atom is -0.497 e. The molecule has 22 heavy (non-hydrogen) atoms. The highest BCUT2D eigenvalue weighted by atomic mass is 35.5. The molecule has 6 heteroatoms. The maximum absolute atomic E-state index is 12.1. The van der Waals surface area contributed by atoms with E-state index >= 15 is 0 Å². The molecule has 1 aromatic heterocycles. The number of amides is 1. The molecule has 0 saturated heterocycles. The number of nitrogens with two attached hydrogens (primary N) is 1. The lowest BCUT2D eigenvalue weighted by Gasteiger charge is -2.09. The van der Waals surface area contributed by atoms with Crippen molar-refractivity contribution < 1.29 is 9.53 Å². The SMILES string of the molecule is COc1ccc(-c2cc(C(=O)N[C@@H](C)CN)sc2C)cc1.Cl. The summed E-state index contributed by atoms with van der Waals surface area (Å²) in [7, 11) is 1.64. The molecule has 0 spiro atoms. The summed E-state index contributed by atoms with van der Waals surface area (Å²) in [5.74, 6) is 0.752. The molecule has 0 bridgehead atoms. The molecule has 1 amide bonds. The van der Waals surface area contributed by atoms with Crippen molar-refractivity contribution >= 4 is 29.7 Å². The molecule has 0 radical (unpaired) electrons. The molecular weight excluding hydrogens is 320 g/mol. The molecule has 0 aliphatic heterocycles. The highest BCUT2D eigenvalue weighted by Gasteiger charge is 2.15. The molecule has 2 aromatic rings. The third-order valence-electron chi connectivity index (χ3n) is 3.27. The van der Waals surface area contributed by atoms with Crippen molar-refractivity contribution in [3.05, 3.63) is 40.1 Å². The van der Waals surface area contributed by atoms with Gasteiger partial charge in [0.15, 0.2) is 0 Å². The van der Waals surface area contributed by atoms with Crippen LogP contribution in [0.15, 0.2) is 30.3 Å². The predicted octanol–water partition coefficient (Wildman–Crippen LogP) is 3.23. The summed E-state index contributed by atoms with van der Waals surface area (Å²) in [5, 5.41) is 2.88. The van der Waals surface area contributed by atoms with Crippen molar-refractivity contribution in [3.8, 4) is 16.9 Å². The Kier molecular flexibility index (Phi) is 6.87. The topological polar surface area (TPSA) is 64.3 Å². The van der Waals surface area contributed by atoms with Crippen LogP contribution in [0.5, 0.6) is 5.75 Å². The Balaban J connectivity index is 0.00000242. The minimum absolute atomic E-state index is 0. The van der Waals surface area contributed by atoms with E-state index in [1.54, 1.807) is 7.11 Å². The van der Waals surface area contributed by atoms with Gasteiger partial charge in [0.05, 0.1) is 12.0 Å². The minimum atomic E-state index is -0.0687. The van der Waals surface area contributed by atoms with Gasteiger partial charge in [-0.15, -0.1) is 23.7 Å². The molecule has 1 heterocycles. The third kappa shape index (κ3) is 4.22. The van der Waals surface area contributed by atoms with Crippen LogP contribution in [0, 0.1) is 6.92 Å². The largest absolute Gasteiger partial charge is 0.497 e. The number of carbonyl (C=O) groups excluding carboxylic acids is 1. The predicted molar refractivity (Wildman–Crippen MR) is 94.3 cm³/mol. The van der Waals surface area contributed by atoms with Crippen LogP contribution in [-0.2, 0) is 0 Å². The summed E-state index contributed by atoms with van der Waals surface area (Å²) in [6.45, 7) is 4.34. The Morgan fingerprint density at radius 1 is 1.36 bits per heavy atom. The van der Waals surface area contributed by atoms with E-state index in [2.05, 4.69) is 5.32 Å². The van der Waals surface area contributed by atoms with E-state index in [0.717, 1.165) is 21.8 Å². The van der Waals surface area contributed by atoms with Crippen LogP contribution >= 0.6 is 23.7 Å². The van der Waals surface area contributed by atoms with Crippen LogP contribution < -0.4 is 15.8 Å². The lowest BCUT2D eigenvalue weighted by atomic mass is 10.1. The Hall–Kier alpha value is -1.56. The van der Waals surface area contributed by atoms with E-state index < -0.39 is 0 Å². The molecule has 0 aliphatic carbocycles. The number of halogens is 1. The number of carbonyl (C=O) groups is 1. The molecule has 120 valence electrons. The van der Waals surface area contributed by atoms with Crippen molar-refractivity contribution in [1.29, 1.82) is 0 Å². The number of hydrogen-bond acceptors (Lipinski definition) is 4. The number of methoxy groups -OCH3 is 1. The molecule has 1 atom stereocenters. The molecule has 1 aromatic carbocycles. The van der Waals surface area contributed by atoms with Crippen LogP contribution in [0.2, 0.25) is 0 Å². The fourth-order valence-electron chi connectivity index (χ4n) is 2.01. The Morgan fingerprint density at radius 3 is 2.55 bits per heavy atom. The van der Waals surface area contributed by atoms with Crippen molar-refractivity contribution in [2.24, 2.45) is 5.73 Å². The summed E-state index contributed by atoms with van der Waals surface area (Å²) < 4.78 is 5.16. The lowest BCUT2D eigenvalue weighted by molar-refractivity contribution is 0.0945. The van der Waals surface area contributed by atoms with Crippen LogP contribution in [-0.4, -0.2) is 25.6 Å². The van der Waals surface area contributed by atoms with Gasteiger partial charge in [-0.25, -0.2) is 0 Å². The number of aryl methyl sites for hydroxylation is 1. The summed E-state index contributed by atoms with van der Waals surface area (Å²) >= 11 is 1.50. The van der Waals surface area contributed by atoms with Crippen LogP contribution in [0.1, 0.15) is 21.5 Å². The fourth-order valence-corrected chi connectivity index (χ4v) is 2.95. The molecule has 3 N–H and O–H groups in total. The molecule has 0 saturated carbocycles. The van der Waals surface area contributed by atoms with Crippen LogP contribution in [0.4, 0.5) is 0 Å². The van der Waals surface area contributed by atoms with Crippen LogP contribution in [0.3, 0.4) is 0 Å². The van der Waals surface area contributed by atoms with E-state index in [4.69, 9.17) is 10.5 Å². The van der Waals surface area contributed by atoms with Gasteiger partial charge in [0, 0.05) is 17.5 Å². The highest BCUT2D eigenvalue weighted by Crippen LogP contribution is 2.32. The number of rotatable bonds is 5. The van der Waals surface area contributed by atoms with Gasteiger partial charge < -0.3 is 15.8 Å². The second kappa shape index (κ2) is 8.17. The van der Waals surface area contributed by atoms with Gasteiger partial charge in [0.1, 0.15) is 5.75 Å². The second-order valence-corrected chi connectivity index (χ2v) is 6.18. The lowest BCUT2D eigenvalue weighted by Crippen LogP contribution is -2.37. The summed E-state index contributed by atoms with van der Waals surface area (Å²) in [6.07, 6.45) is 0. The number of hydrogen-bond donors (Lipinski definition) is 2. The zero-order chi connectivity index (χ0) is 15.4. The first-order valence-corrected chi connectivity index (χ1v) is 7.62. The number of thiophene rings is 1. The maximum atomic E-state index is 12.1. The van der Waals surface area contributed by atoms with Gasteiger partial charge in [-0.2, -0.15) is 0 Å². The first-order valence-electron chi connectivity index (χ1n) is 6.81. The smallest absolute Gasteiger partial charge is 0.261 e. The molecule has 4 nitrogen and oxygen atoms in total. The van der Waals surface area contributed by atoms with Gasteiger partial charge in [-0.3, -0.25) is 4.79 Å². The van der Waals surface area contributed by atoms with Crippen molar-refractivity contribution in [2.45, 2.75) is 19.9 Å². The third-order valence-corrected chi connectivity index (χ3v) is 4.32. The molecule has 0 unspecified atom stereocenters. The molecule has 0 aliphatic rings. The standard InChI is InChI=1S/C16H20N2O2S.ClH/c1-10(9-17)18-16(19)15-8-14(11(2)21-15)12-4-6-13(20-3)7-5-12;/h4-8,10H,9,17H2,1-3H3,(H,18,19);1H/t10-;/m0./s1. The average molecular weight is 341 g/mol. The molecule has 0 fully saturated rings. The second-order valence-electron chi connectivity index (χ2n) is 4.92.